The molecule has 0 aliphatic heterocycles. The SMILES string of the molecule is N[C@@H](F)C(=O)[C@@]1(O)C=CC=CC1. The van der Waals surface area contributed by atoms with Gasteiger partial charge in [-0.15, -0.1) is 0 Å². The number of aliphatic hydroxyl groups is 1. The molecule has 4 heteroatoms. The Kier molecular flexibility index (Phi) is 2.40. The number of carbonyl (C=O) groups excluding carboxylic acids is 1. The van der Waals surface area contributed by atoms with Crippen molar-refractivity contribution in [3.05, 3.63) is 24.3 Å². The lowest BCUT2D eigenvalue weighted by atomic mass is 9.90. The highest BCUT2D eigenvalue weighted by Gasteiger charge is 2.36. The first-order valence-electron chi connectivity index (χ1n) is 3.57. The van der Waals surface area contributed by atoms with Gasteiger partial charge < -0.3 is 5.11 Å². The molecule has 0 unspecified atom stereocenters. The third-order valence-electron chi connectivity index (χ3n) is 1.73. The summed E-state index contributed by atoms with van der Waals surface area (Å²) in [6.45, 7) is 0. The largest absolute Gasteiger partial charge is 0.377 e. The van der Waals surface area contributed by atoms with Crippen molar-refractivity contribution < 1.29 is 14.3 Å². The average Bonchev–Trinajstić information content (AvgIpc) is 2.04. The van der Waals surface area contributed by atoms with Crippen molar-refractivity contribution in [2.24, 2.45) is 5.73 Å². The summed E-state index contributed by atoms with van der Waals surface area (Å²) in [4.78, 5) is 11.0. The highest BCUT2D eigenvalue weighted by Crippen LogP contribution is 2.19. The number of hydrogen-bond donors (Lipinski definition) is 2. The Bertz CT molecular complexity index is 247. The van der Waals surface area contributed by atoms with Gasteiger partial charge in [0.15, 0.2) is 0 Å². The molecule has 3 N–H and O–H groups in total. The average molecular weight is 171 g/mol. The topological polar surface area (TPSA) is 63.3 Å². The first-order valence-corrected chi connectivity index (χ1v) is 3.57. The zero-order valence-corrected chi connectivity index (χ0v) is 6.40. The maximum atomic E-state index is 12.3. The number of allylic oxidation sites excluding steroid dienone is 2. The van der Waals surface area contributed by atoms with Gasteiger partial charge in [0, 0.05) is 6.42 Å². The van der Waals surface area contributed by atoms with Crippen molar-refractivity contribution in [1.82, 2.24) is 0 Å². The van der Waals surface area contributed by atoms with Crippen LogP contribution in [0.4, 0.5) is 4.39 Å². The summed E-state index contributed by atoms with van der Waals surface area (Å²) < 4.78 is 12.3. The monoisotopic (exact) mass is 171 g/mol. The van der Waals surface area contributed by atoms with Gasteiger partial charge in [-0.3, -0.25) is 10.5 Å². The Labute approximate surface area is 69.4 Å². The van der Waals surface area contributed by atoms with E-state index in [0.29, 0.717) is 0 Å². The highest BCUT2D eigenvalue weighted by molar-refractivity contribution is 5.92. The zero-order valence-electron chi connectivity index (χ0n) is 6.40. The van der Waals surface area contributed by atoms with Crippen molar-refractivity contribution in [2.75, 3.05) is 0 Å². The molecule has 1 rings (SSSR count). The van der Waals surface area contributed by atoms with Crippen LogP contribution in [0.3, 0.4) is 0 Å². The molecule has 0 aromatic carbocycles. The number of nitrogens with two attached hydrogens (primary N) is 1. The molecule has 0 saturated heterocycles. The summed E-state index contributed by atoms with van der Waals surface area (Å²) in [6, 6.07) is 0. The van der Waals surface area contributed by atoms with E-state index in [0.717, 1.165) is 0 Å². The summed E-state index contributed by atoms with van der Waals surface area (Å²) in [5.41, 5.74) is 2.97. The Morgan fingerprint density at radius 1 is 1.67 bits per heavy atom. The fourth-order valence-corrected chi connectivity index (χ4v) is 1.03. The standard InChI is InChI=1S/C8H10FNO2/c9-7(10)6(11)8(12)4-2-1-3-5-8/h1-4,7,12H,5,10H2/t7-,8-/m1/s1. The van der Waals surface area contributed by atoms with Crippen molar-refractivity contribution in [2.45, 2.75) is 18.3 Å². The third-order valence-corrected chi connectivity index (χ3v) is 1.73. The lowest BCUT2D eigenvalue weighted by Crippen LogP contribution is -2.45. The van der Waals surface area contributed by atoms with Gasteiger partial charge in [0.05, 0.1) is 0 Å². The van der Waals surface area contributed by atoms with Crippen LogP contribution in [0.1, 0.15) is 6.42 Å². The van der Waals surface area contributed by atoms with Crippen molar-refractivity contribution >= 4 is 5.78 Å². The number of hydrogen-bond acceptors (Lipinski definition) is 3. The van der Waals surface area contributed by atoms with Crippen LogP contribution < -0.4 is 5.73 Å². The second-order valence-electron chi connectivity index (χ2n) is 2.68. The molecule has 0 bridgehead atoms. The Morgan fingerprint density at radius 3 is 2.75 bits per heavy atom. The number of Topliss-reactive ketones (excluding diaryl/α,β-unsaturated/α-hetero) is 1. The van der Waals surface area contributed by atoms with Crippen LogP contribution >= 0.6 is 0 Å². The van der Waals surface area contributed by atoms with Gasteiger partial charge >= 0.3 is 0 Å². The van der Waals surface area contributed by atoms with Crippen LogP contribution in [-0.2, 0) is 4.79 Å². The zero-order chi connectivity index (χ0) is 9.19. The molecular formula is C8H10FNO2. The molecule has 0 aromatic heterocycles. The Morgan fingerprint density at radius 2 is 2.33 bits per heavy atom. The molecule has 0 saturated carbocycles. The molecule has 1 aliphatic rings. The molecule has 0 radical (unpaired) electrons. The maximum Gasteiger partial charge on any atom is 0.217 e. The van der Waals surface area contributed by atoms with E-state index in [4.69, 9.17) is 5.73 Å². The Hall–Kier alpha value is -1.00. The predicted octanol–water partition coefficient (Wildman–Crippen LogP) is 0.0570. The van der Waals surface area contributed by atoms with E-state index in [2.05, 4.69) is 0 Å². The minimum atomic E-state index is -2.12. The van der Waals surface area contributed by atoms with Gasteiger partial charge in [0.25, 0.3) is 0 Å². The summed E-state index contributed by atoms with van der Waals surface area (Å²) in [7, 11) is 0. The molecule has 0 fully saturated rings. The molecule has 0 amide bonds. The van der Waals surface area contributed by atoms with Crippen LogP contribution in [-0.4, -0.2) is 22.8 Å². The van der Waals surface area contributed by atoms with Crippen LogP contribution in [0.15, 0.2) is 24.3 Å². The fourth-order valence-electron chi connectivity index (χ4n) is 1.03. The smallest absolute Gasteiger partial charge is 0.217 e. The normalized spacial score (nSPS) is 30.2. The van der Waals surface area contributed by atoms with E-state index in [1.165, 1.54) is 12.2 Å². The molecule has 2 atom stereocenters. The molecule has 0 spiro atoms. The summed E-state index contributed by atoms with van der Waals surface area (Å²) in [5.74, 6) is -0.997. The number of alkyl halides is 1. The molecule has 66 valence electrons. The summed E-state index contributed by atoms with van der Waals surface area (Å²) in [5, 5.41) is 9.50. The molecule has 0 aromatic rings. The second kappa shape index (κ2) is 3.16. The van der Waals surface area contributed by atoms with Crippen LogP contribution in [0.2, 0.25) is 0 Å². The van der Waals surface area contributed by atoms with Crippen LogP contribution in [0.25, 0.3) is 0 Å². The van der Waals surface area contributed by atoms with Gasteiger partial charge in [0.1, 0.15) is 5.60 Å². The minimum Gasteiger partial charge on any atom is -0.377 e. The molecule has 12 heavy (non-hydrogen) atoms. The first-order chi connectivity index (χ1) is 5.56. The van der Waals surface area contributed by atoms with Gasteiger partial charge in [0.2, 0.25) is 12.1 Å². The van der Waals surface area contributed by atoms with Crippen molar-refractivity contribution in [3.63, 3.8) is 0 Å². The quantitative estimate of drug-likeness (QED) is 0.577. The van der Waals surface area contributed by atoms with E-state index in [1.54, 1.807) is 12.2 Å². The molecule has 3 nitrogen and oxygen atoms in total. The van der Waals surface area contributed by atoms with Gasteiger partial charge in [-0.25, -0.2) is 4.39 Å². The van der Waals surface area contributed by atoms with E-state index in [1.807, 2.05) is 0 Å². The fraction of sp³-hybridized carbons (Fsp3) is 0.375. The molecule has 0 heterocycles. The van der Waals surface area contributed by atoms with Crippen molar-refractivity contribution in [1.29, 1.82) is 0 Å². The predicted molar refractivity (Wildman–Crippen MR) is 41.9 cm³/mol. The van der Waals surface area contributed by atoms with Crippen molar-refractivity contribution in [3.8, 4) is 0 Å². The van der Waals surface area contributed by atoms with Gasteiger partial charge in [-0.1, -0.05) is 18.2 Å². The summed E-state index contributed by atoms with van der Waals surface area (Å²) in [6.07, 6.45) is 3.95. The van der Waals surface area contributed by atoms with E-state index < -0.39 is 17.7 Å². The van der Waals surface area contributed by atoms with Gasteiger partial charge in [-0.2, -0.15) is 0 Å². The third kappa shape index (κ3) is 1.60. The number of carbonyl (C=O) groups is 1. The Balaban J connectivity index is 2.79. The minimum absolute atomic E-state index is 0.0833. The maximum absolute atomic E-state index is 12.3. The van der Waals surface area contributed by atoms with E-state index >= 15 is 0 Å². The number of rotatable bonds is 2. The van der Waals surface area contributed by atoms with E-state index in [-0.39, 0.29) is 6.42 Å². The number of halogens is 1. The van der Waals surface area contributed by atoms with Gasteiger partial charge in [-0.05, 0) is 6.08 Å². The molecular weight excluding hydrogens is 161 g/mol. The van der Waals surface area contributed by atoms with Crippen LogP contribution in [0, 0.1) is 0 Å². The lowest BCUT2D eigenvalue weighted by molar-refractivity contribution is -0.137. The number of ketones is 1. The van der Waals surface area contributed by atoms with Crippen LogP contribution in [0.5, 0.6) is 0 Å². The highest BCUT2D eigenvalue weighted by atomic mass is 19.1. The molecule has 1 aliphatic carbocycles. The summed E-state index contributed by atoms with van der Waals surface area (Å²) >= 11 is 0. The lowest BCUT2D eigenvalue weighted by Gasteiger charge is -2.23. The second-order valence-corrected chi connectivity index (χ2v) is 2.68. The first kappa shape index (κ1) is 9.09. The van der Waals surface area contributed by atoms with E-state index in [9.17, 15) is 14.3 Å².